The molecular weight excluding hydrogens is 443 g/mol. The van der Waals surface area contributed by atoms with E-state index in [0.29, 0.717) is 73.1 Å². The van der Waals surface area contributed by atoms with E-state index < -0.39 is 18.0 Å². The number of cyclic esters (lactones) is 1. The van der Waals surface area contributed by atoms with E-state index >= 15 is 0 Å². The number of aromatic nitrogens is 4. The molecule has 5 rings (SSSR count). The van der Waals surface area contributed by atoms with E-state index in [4.69, 9.17) is 9.47 Å². The average Bonchev–Trinajstić information content (AvgIpc) is 3.20. The van der Waals surface area contributed by atoms with Crippen LogP contribution < -0.4 is 20.5 Å². The highest BCUT2D eigenvalue weighted by Gasteiger charge is 2.34. The summed E-state index contributed by atoms with van der Waals surface area (Å²) in [6, 6.07) is 2.91. The van der Waals surface area contributed by atoms with Crippen molar-refractivity contribution in [2.24, 2.45) is 7.05 Å². The number of hydrogen-bond acceptors (Lipinski definition) is 8. The summed E-state index contributed by atoms with van der Waals surface area (Å²) in [6.07, 6.45) is 2.70. The first-order chi connectivity index (χ1) is 16.4. The lowest BCUT2D eigenvalue weighted by atomic mass is 10.1. The first-order valence-electron chi connectivity index (χ1n) is 10.9. The lowest BCUT2D eigenvalue weighted by Gasteiger charge is -2.19. The number of carbonyl (C=O) groups is 1. The van der Waals surface area contributed by atoms with E-state index in [9.17, 15) is 14.0 Å². The van der Waals surface area contributed by atoms with Crippen molar-refractivity contribution < 1.29 is 18.7 Å². The van der Waals surface area contributed by atoms with Gasteiger partial charge < -0.3 is 19.4 Å². The van der Waals surface area contributed by atoms with Crippen molar-refractivity contribution in [3.63, 3.8) is 0 Å². The van der Waals surface area contributed by atoms with E-state index in [0.717, 1.165) is 5.57 Å². The number of anilines is 1. The van der Waals surface area contributed by atoms with Crippen molar-refractivity contribution in [3.05, 3.63) is 64.1 Å². The molecular formula is C23H23FN6O4. The fourth-order valence-electron chi connectivity index (χ4n) is 4.16. The molecule has 34 heavy (non-hydrogen) atoms. The number of benzene rings is 1. The molecule has 1 saturated heterocycles. The fraction of sp³-hybridized carbons (Fsp3) is 0.348. The summed E-state index contributed by atoms with van der Waals surface area (Å²) in [4.78, 5) is 38.7. The average molecular weight is 466 g/mol. The lowest BCUT2D eigenvalue weighted by Crippen LogP contribution is -2.32. The molecule has 1 amide bonds. The Bertz CT molecular complexity index is 1360. The molecule has 2 aliphatic heterocycles. The summed E-state index contributed by atoms with van der Waals surface area (Å²) in [6.45, 7) is 5.43. The quantitative estimate of drug-likeness (QED) is 0.430. The van der Waals surface area contributed by atoms with Crippen LogP contribution in [0.5, 0.6) is 5.88 Å². The molecule has 0 bridgehead atoms. The second-order valence-corrected chi connectivity index (χ2v) is 8.32. The van der Waals surface area contributed by atoms with Gasteiger partial charge in [-0.15, -0.1) is 0 Å². The number of amides is 1. The van der Waals surface area contributed by atoms with E-state index in [1.165, 1.54) is 27.9 Å². The third kappa shape index (κ3) is 4.10. The highest BCUT2D eigenvalue weighted by Crippen LogP contribution is 2.26. The number of carbonyl (C=O) groups excluding carboxylic acids is 1. The van der Waals surface area contributed by atoms with E-state index in [1.54, 1.807) is 13.1 Å². The molecule has 176 valence electrons. The summed E-state index contributed by atoms with van der Waals surface area (Å²) in [5, 5.41) is 3.20. The number of ether oxygens (including phenoxy) is 2. The molecule has 2 aromatic heterocycles. The smallest absolute Gasteiger partial charge is 0.416 e. The zero-order valence-electron chi connectivity index (χ0n) is 18.6. The first kappa shape index (κ1) is 22.0. The second kappa shape index (κ2) is 8.82. The molecule has 1 atom stereocenters. The zero-order chi connectivity index (χ0) is 23.8. The minimum atomic E-state index is -0.502. The van der Waals surface area contributed by atoms with E-state index in [-0.39, 0.29) is 5.56 Å². The number of rotatable bonds is 6. The molecule has 0 spiro atoms. The maximum atomic E-state index is 14.5. The number of nitrogens with zero attached hydrogens (tertiary/aromatic N) is 5. The predicted molar refractivity (Wildman–Crippen MR) is 122 cm³/mol. The fourth-order valence-corrected chi connectivity index (χ4v) is 4.16. The van der Waals surface area contributed by atoms with Crippen LogP contribution in [0.2, 0.25) is 0 Å². The number of fused-ring (bicyclic) bond motifs is 2. The van der Waals surface area contributed by atoms with Crippen LogP contribution in [0.25, 0.3) is 11.0 Å². The zero-order valence-corrected chi connectivity index (χ0v) is 18.6. The van der Waals surface area contributed by atoms with Crippen LogP contribution >= 0.6 is 0 Å². The molecule has 0 aliphatic carbocycles. The van der Waals surface area contributed by atoms with E-state index in [1.807, 2.05) is 0 Å². The largest absolute Gasteiger partial charge is 0.472 e. The minimum absolute atomic E-state index is 0.300. The Morgan fingerprint density at radius 1 is 1.26 bits per heavy atom. The Balaban J connectivity index is 1.21. The third-order valence-corrected chi connectivity index (χ3v) is 5.88. The van der Waals surface area contributed by atoms with Gasteiger partial charge in [0.1, 0.15) is 24.2 Å². The molecule has 1 aromatic carbocycles. The summed E-state index contributed by atoms with van der Waals surface area (Å²) >= 11 is 0. The van der Waals surface area contributed by atoms with Crippen molar-refractivity contribution in [1.29, 1.82) is 0 Å². The van der Waals surface area contributed by atoms with Crippen molar-refractivity contribution >= 4 is 22.9 Å². The lowest BCUT2D eigenvalue weighted by molar-refractivity contribution is 0.140. The summed E-state index contributed by atoms with van der Waals surface area (Å²) in [7, 11) is 1.60. The number of aryl methyl sites for hydroxylation is 1. The Morgan fingerprint density at radius 2 is 2.12 bits per heavy atom. The minimum Gasteiger partial charge on any atom is -0.472 e. The van der Waals surface area contributed by atoms with Crippen LogP contribution in [0.3, 0.4) is 0 Å². The Kier molecular flexibility index (Phi) is 5.70. The SMILES string of the molecule is C=C1COc2ncc(N3C[C@H](CNCCc4c(F)ccc5ncc(=O)n(C)c45)OC3=O)nc2C1. The van der Waals surface area contributed by atoms with Crippen molar-refractivity contribution in [1.82, 2.24) is 24.8 Å². The van der Waals surface area contributed by atoms with Crippen molar-refractivity contribution in [2.45, 2.75) is 18.9 Å². The van der Waals surface area contributed by atoms with Gasteiger partial charge in [0.05, 0.1) is 30.0 Å². The molecule has 0 unspecified atom stereocenters. The van der Waals surface area contributed by atoms with E-state index in [2.05, 4.69) is 26.8 Å². The molecule has 1 N–H and O–H groups in total. The van der Waals surface area contributed by atoms with Crippen LogP contribution in [0.4, 0.5) is 15.0 Å². The molecule has 10 nitrogen and oxygen atoms in total. The van der Waals surface area contributed by atoms with Crippen molar-refractivity contribution in [3.8, 4) is 5.88 Å². The van der Waals surface area contributed by atoms with Gasteiger partial charge in [0.15, 0.2) is 5.82 Å². The number of nitrogens with one attached hydrogen (secondary N) is 1. The van der Waals surface area contributed by atoms with Gasteiger partial charge in [0.2, 0.25) is 5.88 Å². The first-order valence-corrected chi connectivity index (χ1v) is 10.9. The third-order valence-electron chi connectivity index (χ3n) is 5.88. The van der Waals surface area contributed by atoms with Crippen LogP contribution in [-0.2, 0) is 24.6 Å². The van der Waals surface area contributed by atoms with Crippen LogP contribution in [-0.4, -0.2) is 58.0 Å². The summed E-state index contributed by atoms with van der Waals surface area (Å²) in [5.74, 6) is 0.458. The number of hydrogen-bond donors (Lipinski definition) is 1. The molecule has 0 radical (unpaired) electrons. The Labute approximate surface area is 194 Å². The van der Waals surface area contributed by atoms with Gasteiger partial charge in [-0.1, -0.05) is 6.58 Å². The standard InChI is InChI=1S/C23H23FN6O4/c1-13-7-18-22(33-12-13)27-9-19(28-18)30-11-14(34-23(30)32)8-25-6-5-15-16(24)3-4-17-21(15)29(2)20(31)10-26-17/h3-4,9-10,14,25H,1,5-8,11-12H2,2H3/t14-/m0/s1. The molecule has 1 fully saturated rings. The maximum absolute atomic E-state index is 14.5. The van der Waals surface area contributed by atoms with Crippen LogP contribution in [0.15, 0.2) is 41.5 Å². The summed E-state index contributed by atoms with van der Waals surface area (Å²) in [5.41, 5.74) is 2.68. The highest BCUT2D eigenvalue weighted by molar-refractivity contribution is 5.88. The normalized spacial score (nSPS) is 17.6. The van der Waals surface area contributed by atoms with Gasteiger partial charge in [-0.2, -0.15) is 0 Å². The van der Waals surface area contributed by atoms with Gasteiger partial charge >= 0.3 is 6.09 Å². The number of halogens is 1. The molecule has 2 aliphatic rings. The van der Waals surface area contributed by atoms with Gasteiger partial charge in [0, 0.05) is 25.6 Å². The van der Waals surface area contributed by atoms with Gasteiger partial charge in [0.25, 0.3) is 5.56 Å². The molecule has 4 heterocycles. The summed E-state index contributed by atoms with van der Waals surface area (Å²) < 4.78 is 26.9. The Hall–Kier alpha value is -3.86. The van der Waals surface area contributed by atoms with Gasteiger partial charge in [-0.25, -0.2) is 24.1 Å². The molecule has 0 saturated carbocycles. The van der Waals surface area contributed by atoms with Gasteiger partial charge in [-0.3, -0.25) is 9.69 Å². The second-order valence-electron chi connectivity index (χ2n) is 8.32. The monoisotopic (exact) mass is 466 g/mol. The Morgan fingerprint density at radius 3 is 2.97 bits per heavy atom. The topological polar surface area (TPSA) is 111 Å². The molecule has 11 heteroatoms. The van der Waals surface area contributed by atoms with Crippen LogP contribution in [0.1, 0.15) is 11.3 Å². The highest BCUT2D eigenvalue weighted by atomic mass is 19.1. The van der Waals surface area contributed by atoms with Crippen LogP contribution in [0, 0.1) is 5.82 Å². The van der Waals surface area contributed by atoms with Gasteiger partial charge in [-0.05, 0) is 30.7 Å². The predicted octanol–water partition coefficient (Wildman–Crippen LogP) is 1.51. The maximum Gasteiger partial charge on any atom is 0.416 e. The molecule has 3 aromatic rings. The van der Waals surface area contributed by atoms with Crippen molar-refractivity contribution in [2.75, 3.05) is 31.1 Å².